The Morgan fingerprint density at radius 1 is 1.50 bits per heavy atom. The average Bonchev–Trinajstić information content (AvgIpc) is 2.32. The number of benzene rings is 1. The van der Waals surface area contributed by atoms with E-state index in [1.165, 1.54) is 0 Å². The van der Waals surface area contributed by atoms with Crippen LogP contribution < -0.4 is 16.0 Å². The third kappa shape index (κ3) is 3.35. The van der Waals surface area contributed by atoms with Gasteiger partial charge >= 0.3 is 0 Å². The molecule has 1 atom stereocenters. The molecule has 0 aliphatic carbocycles. The molecule has 0 bridgehead atoms. The topological polar surface area (TPSA) is 56.5 Å². The normalized spacial score (nSPS) is 12.5. The van der Waals surface area contributed by atoms with Crippen molar-refractivity contribution in [1.29, 1.82) is 0 Å². The molecule has 0 aliphatic heterocycles. The van der Waals surface area contributed by atoms with Crippen LogP contribution in [0, 0.1) is 0 Å². The summed E-state index contributed by atoms with van der Waals surface area (Å²) in [5.74, 6) is 6.11. The van der Waals surface area contributed by atoms with Crippen molar-refractivity contribution >= 4 is 11.6 Å². The monoisotopic (exact) mass is 244 g/mol. The Morgan fingerprint density at radius 2 is 2.25 bits per heavy atom. The van der Waals surface area contributed by atoms with Gasteiger partial charge in [0.25, 0.3) is 0 Å². The third-order valence-corrected chi connectivity index (χ3v) is 2.58. The molecule has 0 aromatic heterocycles. The number of nitrogens with two attached hydrogens (primary N) is 1. The lowest BCUT2D eigenvalue weighted by Gasteiger charge is -2.17. The molecule has 0 fully saturated rings. The van der Waals surface area contributed by atoms with Crippen LogP contribution in [0.1, 0.15) is 18.5 Å². The molecule has 0 amide bonds. The van der Waals surface area contributed by atoms with E-state index in [0.717, 1.165) is 5.56 Å². The molecule has 1 unspecified atom stereocenters. The largest absolute Gasteiger partial charge is 0.495 e. The van der Waals surface area contributed by atoms with Gasteiger partial charge in [-0.3, -0.25) is 11.3 Å². The summed E-state index contributed by atoms with van der Waals surface area (Å²) in [4.78, 5) is 0. The lowest BCUT2D eigenvalue weighted by atomic mass is 10.1. The van der Waals surface area contributed by atoms with Crippen LogP contribution in [0.4, 0.5) is 0 Å². The van der Waals surface area contributed by atoms with E-state index >= 15 is 0 Å². The predicted octanol–water partition coefficient (Wildman–Crippen LogP) is 1.89. The zero-order valence-corrected chi connectivity index (χ0v) is 10.3. The van der Waals surface area contributed by atoms with E-state index in [0.29, 0.717) is 24.0 Å². The van der Waals surface area contributed by atoms with Gasteiger partial charge in [-0.15, -0.1) is 0 Å². The van der Waals surface area contributed by atoms with Crippen LogP contribution in [0.2, 0.25) is 5.02 Å². The summed E-state index contributed by atoms with van der Waals surface area (Å²) in [5.41, 5.74) is 3.68. The molecule has 4 nitrogen and oxygen atoms in total. The van der Waals surface area contributed by atoms with E-state index in [2.05, 4.69) is 5.43 Å². The summed E-state index contributed by atoms with van der Waals surface area (Å²) in [6.07, 6.45) is 0. The second kappa shape index (κ2) is 6.70. The summed E-state index contributed by atoms with van der Waals surface area (Å²) in [5, 5.41) is 0.582. The molecule has 0 radical (unpaired) electrons. The summed E-state index contributed by atoms with van der Waals surface area (Å²) >= 11 is 5.94. The van der Waals surface area contributed by atoms with Gasteiger partial charge in [0.15, 0.2) is 0 Å². The van der Waals surface area contributed by atoms with Gasteiger partial charge < -0.3 is 9.47 Å². The second-order valence-electron chi connectivity index (χ2n) is 3.27. The fourth-order valence-corrected chi connectivity index (χ4v) is 1.56. The molecule has 1 rings (SSSR count). The number of hydrogen-bond donors (Lipinski definition) is 2. The van der Waals surface area contributed by atoms with Gasteiger partial charge in [0, 0.05) is 6.61 Å². The molecule has 3 N–H and O–H groups in total. The van der Waals surface area contributed by atoms with Crippen molar-refractivity contribution in [2.45, 2.75) is 13.0 Å². The molecule has 90 valence electrons. The highest BCUT2D eigenvalue weighted by Crippen LogP contribution is 2.27. The van der Waals surface area contributed by atoms with E-state index in [9.17, 15) is 0 Å². The molecular weight excluding hydrogens is 228 g/mol. The van der Waals surface area contributed by atoms with Crippen molar-refractivity contribution < 1.29 is 9.47 Å². The minimum atomic E-state index is -0.0638. The van der Waals surface area contributed by atoms with Crippen LogP contribution in [0.25, 0.3) is 0 Å². The van der Waals surface area contributed by atoms with Crippen molar-refractivity contribution in [3.8, 4) is 5.75 Å². The molecule has 0 saturated carbocycles. The molecule has 0 spiro atoms. The minimum Gasteiger partial charge on any atom is -0.495 e. The number of halogens is 1. The van der Waals surface area contributed by atoms with Crippen molar-refractivity contribution in [2.75, 3.05) is 20.3 Å². The zero-order valence-electron chi connectivity index (χ0n) is 9.50. The zero-order chi connectivity index (χ0) is 12.0. The Bertz CT molecular complexity index is 334. The average molecular weight is 245 g/mol. The SMILES string of the molecule is CCOCC(NN)c1ccc(Cl)c(OC)c1. The van der Waals surface area contributed by atoms with Crippen molar-refractivity contribution in [3.63, 3.8) is 0 Å². The van der Waals surface area contributed by atoms with Crippen LogP contribution in [-0.2, 0) is 4.74 Å². The minimum absolute atomic E-state index is 0.0638. The van der Waals surface area contributed by atoms with Gasteiger partial charge in [-0.25, -0.2) is 0 Å². The number of ether oxygens (including phenoxy) is 2. The maximum Gasteiger partial charge on any atom is 0.137 e. The molecule has 0 aliphatic rings. The van der Waals surface area contributed by atoms with Gasteiger partial charge in [0.1, 0.15) is 5.75 Å². The Hall–Kier alpha value is -0.810. The van der Waals surface area contributed by atoms with Crippen LogP contribution in [0.15, 0.2) is 18.2 Å². The van der Waals surface area contributed by atoms with Crippen LogP contribution in [0.3, 0.4) is 0 Å². The molecular formula is C11H17ClN2O2. The first-order valence-corrected chi connectivity index (χ1v) is 5.48. The number of hydrogen-bond acceptors (Lipinski definition) is 4. The van der Waals surface area contributed by atoms with Crippen molar-refractivity contribution in [2.24, 2.45) is 5.84 Å². The summed E-state index contributed by atoms with van der Waals surface area (Å²) in [7, 11) is 1.58. The van der Waals surface area contributed by atoms with Gasteiger partial charge in [0.05, 0.1) is 24.8 Å². The fraction of sp³-hybridized carbons (Fsp3) is 0.455. The quantitative estimate of drug-likeness (QED) is 0.593. The summed E-state index contributed by atoms with van der Waals surface area (Å²) in [6.45, 7) is 3.11. The summed E-state index contributed by atoms with van der Waals surface area (Å²) in [6, 6.07) is 5.47. The van der Waals surface area contributed by atoms with Crippen LogP contribution in [0.5, 0.6) is 5.75 Å². The molecule has 5 heteroatoms. The lowest BCUT2D eigenvalue weighted by molar-refractivity contribution is 0.123. The van der Waals surface area contributed by atoms with Gasteiger partial charge in [-0.05, 0) is 24.6 Å². The maximum atomic E-state index is 5.94. The molecule has 1 aromatic carbocycles. The third-order valence-electron chi connectivity index (χ3n) is 2.27. The maximum absolute atomic E-state index is 5.94. The predicted molar refractivity (Wildman–Crippen MR) is 64.6 cm³/mol. The Kier molecular flexibility index (Phi) is 5.55. The molecule has 0 heterocycles. The molecule has 0 saturated heterocycles. The molecule has 16 heavy (non-hydrogen) atoms. The van der Waals surface area contributed by atoms with Crippen LogP contribution >= 0.6 is 11.6 Å². The number of hydrazine groups is 1. The first-order chi connectivity index (χ1) is 7.72. The van der Waals surface area contributed by atoms with E-state index in [1.807, 2.05) is 19.1 Å². The molecule has 1 aromatic rings. The van der Waals surface area contributed by atoms with Gasteiger partial charge in [-0.1, -0.05) is 17.7 Å². The first kappa shape index (κ1) is 13.3. The number of rotatable bonds is 6. The Labute approximate surface area is 101 Å². The first-order valence-electron chi connectivity index (χ1n) is 5.10. The van der Waals surface area contributed by atoms with Crippen LogP contribution in [-0.4, -0.2) is 20.3 Å². The Morgan fingerprint density at radius 3 is 2.81 bits per heavy atom. The summed E-state index contributed by atoms with van der Waals surface area (Å²) < 4.78 is 10.5. The standard InChI is InChI=1S/C11H17ClN2O2/c1-3-16-7-10(14-13)8-4-5-9(12)11(6-8)15-2/h4-6,10,14H,3,7,13H2,1-2H3. The highest BCUT2D eigenvalue weighted by atomic mass is 35.5. The van der Waals surface area contributed by atoms with Crippen molar-refractivity contribution in [3.05, 3.63) is 28.8 Å². The van der Waals surface area contributed by atoms with E-state index < -0.39 is 0 Å². The Balaban J connectivity index is 2.83. The van der Waals surface area contributed by atoms with Gasteiger partial charge in [-0.2, -0.15) is 0 Å². The second-order valence-corrected chi connectivity index (χ2v) is 3.68. The van der Waals surface area contributed by atoms with Crippen molar-refractivity contribution in [1.82, 2.24) is 5.43 Å². The smallest absolute Gasteiger partial charge is 0.137 e. The number of methoxy groups -OCH3 is 1. The van der Waals surface area contributed by atoms with Gasteiger partial charge in [0.2, 0.25) is 0 Å². The fourth-order valence-electron chi connectivity index (χ4n) is 1.37. The van der Waals surface area contributed by atoms with E-state index in [4.69, 9.17) is 26.9 Å². The number of nitrogens with one attached hydrogen (secondary N) is 1. The highest BCUT2D eigenvalue weighted by Gasteiger charge is 2.11. The van der Waals surface area contributed by atoms with E-state index in [1.54, 1.807) is 13.2 Å². The lowest BCUT2D eigenvalue weighted by Crippen LogP contribution is -2.31. The van der Waals surface area contributed by atoms with E-state index in [-0.39, 0.29) is 6.04 Å². The highest BCUT2D eigenvalue weighted by molar-refractivity contribution is 6.32.